The Kier molecular flexibility index (Phi) is 5.47. The van der Waals surface area contributed by atoms with Crippen LogP contribution in [-0.4, -0.2) is 25.5 Å². The van der Waals surface area contributed by atoms with Gasteiger partial charge < -0.3 is 10.1 Å². The van der Waals surface area contributed by atoms with Crippen molar-refractivity contribution >= 4 is 46.7 Å². The van der Waals surface area contributed by atoms with E-state index in [9.17, 15) is 0 Å². The third-order valence-corrected chi connectivity index (χ3v) is 2.69. The maximum atomic E-state index is 5.97. The van der Waals surface area contributed by atoms with E-state index in [1.807, 2.05) is 0 Å². The van der Waals surface area contributed by atoms with Crippen LogP contribution in [0.2, 0.25) is 10.0 Å². The summed E-state index contributed by atoms with van der Waals surface area (Å²) in [5.74, 6) is 0.448. The van der Waals surface area contributed by atoms with E-state index in [0.29, 0.717) is 20.9 Å². The van der Waals surface area contributed by atoms with Crippen LogP contribution in [0.25, 0.3) is 0 Å². The van der Waals surface area contributed by atoms with Crippen LogP contribution < -0.4 is 15.5 Å². The van der Waals surface area contributed by atoms with Gasteiger partial charge in [-0.1, -0.05) is 23.2 Å². The number of hydrogen-bond acceptors (Lipinski definition) is 3. The molecule has 4 nitrogen and oxygen atoms in total. The molecule has 0 aliphatic rings. The molecule has 0 spiro atoms. The molecule has 0 aromatic heterocycles. The number of nitrogens with one attached hydrogen (secondary N) is 2. The van der Waals surface area contributed by atoms with Crippen LogP contribution in [-0.2, 0) is 0 Å². The van der Waals surface area contributed by atoms with Crippen LogP contribution in [0.1, 0.15) is 5.56 Å². The molecule has 92 valence electrons. The quantitative estimate of drug-likeness (QED) is 0.510. The van der Waals surface area contributed by atoms with E-state index in [-0.39, 0.29) is 0 Å². The molecule has 0 atom stereocenters. The molecule has 0 saturated carbocycles. The highest BCUT2D eigenvalue weighted by atomic mass is 35.5. The van der Waals surface area contributed by atoms with Crippen LogP contribution in [0.15, 0.2) is 17.2 Å². The summed E-state index contributed by atoms with van der Waals surface area (Å²) in [5.41, 5.74) is 3.36. The minimum atomic E-state index is 0.423. The Balaban J connectivity index is 2.83. The fourth-order valence-corrected chi connectivity index (χ4v) is 1.78. The second kappa shape index (κ2) is 6.64. The summed E-state index contributed by atoms with van der Waals surface area (Å²) in [7, 11) is 3.21. The van der Waals surface area contributed by atoms with E-state index >= 15 is 0 Å². The average molecular weight is 292 g/mol. The Morgan fingerprint density at radius 3 is 2.47 bits per heavy atom. The lowest BCUT2D eigenvalue weighted by Gasteiger charge is -2.06. The normalized spacial score (nSPS) is 10.4. The summed E-state index contributed by atoms with van der Waals surface area (Å²) in [6, 6.07) is 3.39. The lowest BCUT2D eigenvalue weighted by molar-refractivity contribution is 0.415. The Labute approximate surface area is 115 Å². The number of hydrazone groups is 1. The first-order chi connectivity index (χ1) is 8.08. The topological polar surface area (TPSA) is 45.7 Å². The Bertz CT molecular complexity index is 428. The predicted molar refractivity (Wildman–Crippen MR) is 75.4 cm³/mol. The van der Waals surface area contributed by atoms with Gasteiger partial charge in [-0.15, -0.1) is 0 Å². The molecule has 0 fully saturated rings. The smallest absolute Gasteiger partial charge is 0.186 e. The molecule has 0 amide bonds. The van der Waals surface area contributed by atoms with Gasteiger partial charge in [0.1, 0.15) is 0 Å². The SMILES string of the molecule is CNC(=S)N/N=C/c1cc(Cl)c(OC)c(Cl)c1. The number of halogens is 2. The Morgan fingerprint density at radius 1 is 1.41 bits per heavy atom. The molecule has 17 heavy (non-hydrogen) atoms. The van der Waals surface area contributed by atoms with Gasteiger partial charge in [0.25, 0.3) is 0 Å². The van der Waals surface area contributed by atoms with Crippen molar-refractivity contribution in [2.24, 2.45) is 5.10 Å². The summed E-state index contributed by atoms with van der Waals surface area (Å²) < 4.78 is 5.04. The first-order valence-electron chi connectivity index (χ1n) is 4.62. The monoisotopic (exact) mass is 291 g/mol. The highest BCUT2D eigenvalue weighted by molar-refractivity contribution is 7.80. The largest absolute Gasteiger partial charge is 0.494 e. The zero-order valence-corrected chi connectivity index (χ0v) is 11.6. The number of ether oxygens (including phenoxy) is 1. The summed E-state index contributed by atoms with van der Waals surface area (Å²) >= 11 is 16.8. The highest BCUT2D eigenvalue weighted by Gasteiger charge is 2.07. The predicted octanol–water partition coefficient (Wildman–Crippen LogP) is 2.43. The number of hydrogen-bond donors (Lipinski definition) is 2. The van der Waals surface area contributed by atoms with Crippen LogP contribution in [0.5, 0.6) is 5.75 Å². The van der Waals surface area contributed by atoms with Crippen LogP contribution in [0, 0.1) is 0 Å². The molecule has 0 aliphatic carbocycles. The van der Waals surface area contributed by atoms with Gasteiger partial charge in [-0.3, -0.25) is 5.43 Å². The molecular weight excluding hydrogens is 281 g/mol. The third-order valence-electron chi connectivity index (χ3n) is 1.83. The summed E-state index contributed by atoms with van der Waals surface area (Å²) in [4.78, 5) is 0. The van der Waals surface area contributed by atoms with E-state index in [2.05, 4.69) is 15.8 Å². The molecule has 7 heteroatoms. The standard InChI is InChI=1S/C10H11Cl2N3OS/c1-13-10(17)15-14-5-6-3-7(11)9(16-2)8(12)4-6/h3-5H,1-2H3,(H2,13,15,17)/b14-5+. The molecule has 1 rings (SSSR count). The van der Waals surface area contributed by atoms with Crippen LogP contribution in [0.4, 0.5) is 0 Å². The van der Waals surface area contributed by atoms with Crippen molar-refractivity contribution in [1.29, 1.82) is 0 Å². The first-order valence-corrected chi connectivity index (χ1v) is 5.78. The van der Waals surface area contributed by atoms with Gasteiger partial charge in [0.05, 0.1) is 23.4 Å². The molecule has 0 radical (unpaired) electrons. The number of rotatable bonds is 3. The van der Waals surface area contributed by atoms with E-state index in [4.69, 9.17) is 40.2 Å². The lowest BCUT2D eigenvalue weighted by atomic mass is 10.2. The maximum absolute atomic E-state index is 5.97. The second-order valence-corrected chi connectivity index (χ2v) is 4.19. The summed E-state index contributed by atoms with van der Waals surface area (Å²) in [6.07, 6.45) is 1.56. The molecule has 1 aromatic carbocycles. The first kappa shape index (κ1) is 14.0. The average Bonchev–Trinajstić information content (AvgIpc) is 2.28. The Morgan fingerprint density at radius 2 is 2.00 bits per heavy atom. The molecule has 0 heterocycles. The molecular formula is C10H11Cl2N3OS. The fourth-order valence-electron chi connectivity index (χ4n) is 1.07. The highest BCUT2D eigenvalue weighted by Crippen LogP contribution is 2.33. The van der Waals surface area contributed by atoms with E-state index in [0.717, 1.165) is 5.56 Å². The minimum Gasteiger partial charge on any atom is -0.494 e. The maximum Gasteiger partial charge on any atom is 0.186 e. The van der Waals surface area contributed by atoms with Gasteiger partial charge in [-0.2, -0.15) is 5.10 Å². The zero-order valence-electron chi connectivity index (χ0n) is 9.25. The zero-order chi connectivity index (χ0) is 12.8. The van der Waals surface area contributed by atoms with Gasteiger partial charge in [0.2, 0.25) is 0 Å². The van der Waals surface area contributed by atoms with Crippen molar-refractivity contribution in [2.45, 2.75) is 0 Å². The molecule has 0 saturated heterocycles. The van der Waals surface area contributed by atoms with Crippen molar-refractivity contribution < 1.29 is 4.74 Å². The molecule has 2 N–H and O–H groups in total. The molecule has 0 unspecified atom stereocenters. The van der Waals surface area contributed by atoms with Crippen LogP contribution in [0.3, 0.4) is 0 Å². The van der Waals surface area contributed by atoms with Crippen molar-refractivity contribution in [1.82, 2.24) is 10.7 Å². The van der Waals surface area contributed by atoms with Gasteiger partial charge in [-0.25, -0.2) is 0 Å². The van der Waals surface area contributed by atoms with Gasteiger partial charge >= 0.3 is 0 Å². The van der Waals surface area contributed by atoms with Gasteiger partial charge in [0.15, 0.2) is 10.9 Å². The van der Waals surface area contributed by atoms with Crippen molar-refractivity contribution in [3.63, 3.8) is 0 Å². The van der Waals surface area contributed by atoms with Crippen molar-refractivity contribution in [2.75, 3.05) is 14.2 Å². The van der Waals surface area contributed by atoms with E-state index < -0.39 is 0 Å². The number of thiocarbonyl (C=S) groups is 1. The van der Waals surface area contributed by atoms with Crippen molar-refractivity contribution in [3.8, 4) is 5.75 Å². The molecule has 0 bridgehead atoms. The molecule has 0 aliphatic heterocycles. The lowest BCUT2D eigenvalue weighted by Crippen LogP contribution is -2.28. The third kappa shape index (κ3) is 4.03. The molecule has 1 aromatic rings. The Hall–Kier alpha value is -1.04. The second-order valence-electron chi connectivity index (χ2n) is 2.97. The number of methoxy groups -OCH3 is 1. The number of benzene rings is 1. The van der Waals surface area contributed by atoms with Crippen molar-refractivity contribution in [3.05, 3.63) is 27.7 Å². The summed E-state index contributed by atoms with van der Waals surface area (Å²) in [6.45, 7) is 0. The van der Waals surface area contributed by atoms with Crippen LogP contribution >= 0.6 is 35.4 Å². The van der Waals surface area contributed by atoms with E-state index in [1.165, 1.54) is 7.11 Å². The van der Waals surface area contributed by atoms with Gasteiger partial charge in [0, 0.05) is 7.05 Å². The number of nitrogens with zero attached hydrogens (tertiary/aromatic N) is 1. The fraction of sp³-hybridized carbons (Fsp3) is 0.200. The minimum absolute atomic E-state index is 0.423. The summed E-state index contributed by atoms with van der Waals surface area (Å²) in [5, 5.41) is 7.92. The van der Waals surface area contributed by atoms with E-state index in [1.54, 1.807) is 25.4 Å². The van der Waals surface area contributed by atoms with Gasteiger partial charge in [-0.05, 0) is 29.9 Å².